The number of carbonyl (C=O) groups is 1. The molecule has 0 aliphatic carbocycles. The second-order valence-corrected chi connectivity index (χ2v) is 4.63. The van der Waals surface area contributed by atoms with E-state index in [2.05, 4.69) is 0 Å². The van der Waals surface area contributed by atoms with Gasteiger partial charge in [0.05, 0.1) is 15.9 Å². The molecule has 8 heteroatoms. The van der Waals surface area contributed by atoms with E-state index in [1.165, 1.54) is 0 Å². The van der Waals surface area contributed by atoms with Gasteiger partial charge in [0, 0.05) is 12.5 Å². The lowest BCUT2D eigenvalue weighted by Crippen LogP contribution is -2.10. The van der Waals surface area contributed by atoms with Crippen LogP contribution >= 0.6 is 0 Å². The Balaban J connectivity index is 2.08. The van der Waals surface area contributed by atoms with Crippen molar-refractivity contribution in [2.75, 3.05) is 0 Å². The lowest BCUT2D eigenvalue weighted by molar-refractivity contribution is -0.394. The fourth-order valence-corrected chi connectivity index (χ4v) is 1.91. The Morgan fingerprint density at radius 3 is 2.30 bits per heavy atom. The molecule has 8 nitrogen and oxygen atoms in total. The highest BCUT2D eigenvalue weighted by Crippen LogP contribution is 2.31. The number of non-ortho nitro benzene ring substituents is 1. The second-order valence-electron chi connectivity index (χ2n) is 4.63. The molecule has 0 spiro atoms. The molecule has 0 bridgehead atoms. The Morgan fingerprint density at radius 1 is 1.00 bits per heavy atom. The molecule has 118 valence electrons. The Morgan fingerprint density at radius 2 is 1.70 bits per heavy atom. The van der Waals surface area contributed by atoms with Crippen LogP contribution in [0, 0.1) is 20.2 Å². The van der Waals surface area contributed by atoms with Crippen molar-refractivity contribution < 1.29 is 19.4 Å². The van der Waals surface area contributed by atoms with Crippen LogP contribution in [0.5, 0.6) is 5.75 Å². The van der Waals surface area contributed by atoms with Crippen molar-refractivity contribution in [3.63, 3.8) is 0 Å². The van der Waals surface area contributed by atoms with Gasteiger partial charge in [0.15, 0.2) is 0 Å². The molecular formula is C15H12N2O6. The molecular weight excluding hydrogens is 304 g/mol. The first-order chi connectivity index (χ1) is 11.0. The normalized spacial score (nSPS) is 10.1. The Hall–Kier alpha value is -3.29. The number of hydrogen-bond donors (Lipinski definition) is 0. The minimum absolute atomic E-state index is 0.0398. The molecule has 0 atom stereocenters. The first-order valence-corrected chi connectivity index (χ1v) is 6.65. The van der Waals surface area contributed by atoms with E-state index in [4.69, 9.17) is 4.74 Å². The zero-order valence-corrected chi connectivity index (χ0v) is 11.9. The summed E-state index contributed by atoms with van der Waals surface area (Å²) in [6, 6.07) is 12.1. The van der Waals surface area contributed by atoms with Gasteiger partial charge in [-0.05, 0) is 18.1 Å². The number of nitro benzene ring substituents is 2. The van der Waals surface area contributed by atoms with Crippen molar-refractivity contribution in [2.24, 2.45) is 0 Å². The summed E-state index contributed by atoms with van der Waals surface area (Å²) in [5.74, 6) is -0.954. The number of aryl methyl sites for hydroxylation is 1. The van der Waals surface area contributed by atoms with Crippen molar-refractivity contribution >= 4 is 17.3 Å². The molecule has 0 N–H and O–H groups in total. The molecule has 2 aromatic carbocycles. The van der Waals surface area contributed by atoms with Crippen LogP contribution in [0.15, 0.2) is 48.5 Å². The van der Waals surface area contributed by atoms with E-state index < -0.39 is 27.2 Å². The van der Waals surface area contributed by atoms with Crippen molar-refractivity contribution in [1.29, 1.82) is 0 Å². The highest BCUT2D eigenvalue weighted by molar-refractivity contribution is 5.74. The van der Waals surface area contributed by atoms with Gasteiger partial charge in [-0.25, -0.2) is 0 Å². The van der Waals surface area contributed by atoms with Crippen molar-refractivity contribution in [3.8, 4) is 5.75 Å². The number of esters is 1. The third-order valence-electron chi connectivity index (χ3n) is 3.03. The van der Waals surface area contributed by atoms with E-state index in [1.54, 1.807) is 0 Å². The van der Waals surface area contributed by atoms with Crippen LogP contribution in [0.3, 0.4) is 0 Å². The topological polar surface area (TPSA) is 113 Å². The fraction of sp³-hybridized carbons (Fsp3) is 0.133. The quantitative estimate of drug-likeness (QED) is 0.350. The van der Waals surface area contributed by atoms with Crippen LogP contribution in [-0.2, 0) is 11.2 Å². The maximum absolute atomic E-state index is 11.8. The van der Waals surface area contributed by atoms with E-state index in [1.807, 2.05) is 30.3 Å². The van der Waals surface area contributed by atoms with E-state index in [-0.39, 0.29) is 12.2 Å². The van der Waals surface area contributed by atoms with Gasteiger partial charge in [-0.15, -0.1) is 0 Å². The number of ether oxygens (including phenoxy) is 1. The average molecular weight is 316 g/mol. The lowest BCUT2D eigenvalue weighted by atomic mass is 10.1. The molecule has 0 aromatic heterocycles. The summed E-state index contributed by atoms with van der Waals surface area (Å²) in [4.78, 5) is 31.8. The monoisotopic (exact) mass is 316 g/mol. The highest BCUT2D eigenvalue weighted by Gasteiger charge is 2.22. The summed E-state index contributed by atoms with van der Waals surface area (Å²) in [6.45, 7) is 0. The van der Waals surface area contributed by atoms with Crippen LogP contribution in [0.4, 0.5) is 11.4 Å². The van der Waals surface area contributed by atoms with Crippen LogP contribution in [-0.4, -0.2) is 15.8 Å². The number of hydrogen-bond acceptors (Lipinski definition) is 6. The lowest BCUT2D eigenvalue weighted by Gasteiger charge is -2.05. The smallest absolute Gasteiger partial charge is 0.318 e. The van der Waals surface area contributed by atoms with Crippen LogP contribution in [0.1, 0.15) is 12.0 Å². The summed E-state index contributed by atoms with van der Waals surface area (Å²) >= 11 is 0. The Bertz CT molecular complexity index is 745. The minimum atomic E-state index is -0.827. The van der Waals surface area contributed by atoms with Gasteiger partial charge in [0.2, 0.25) is 5.75 Å². The Labute approximate surface area is 130 Å². The molecule has 0 aliphatic rings. The van der Waals surface area contributed by atoms with Gasteiger partial charge in [-0.3, -0.25) is 25.0 Å². The van der Waals surface area contributed by atoms with E-state index >= 15 is 0 Å². The molecule has 23 heavy (non-hydrogen) atoms. The van der Waals surface area contributed by atoms with Crippen molar-refractivity contribution in [3.05, 3.63) is 74.3 Å². The molecule has 0 fully saturated rings. The number of nitrogens with zero attached hydrogens (tertiary/aromatic N) is 2. The van der Waals surface area contributed by atoms with E-state index in [9.17, 15) is 25.0 Å². The standard InChI is InChI=1S/C15H12N2O6/c18-15(9-6-11-4-2-1-3-5-11)23-14-8-7-12(16(19)20)10-13(14)17(21)22/h1-5,7-8,10H,6,9H2. The van der Waals surface area contributed by atoms with Crippen LogP contribution in [0.25, 0.3) is 0 Å². The summed E-state index contributed by atoms with van der Waals surface area (Å²) in [5.41, 5.74) is -0.129. The highest BCUT2D eigenvalue weighted by atomic mass is 16.6. The number of benzene rings is 2. The summed E-state index contributed by atoms with van der Waals surface area (Å²) in [5, 5.41) is 21.6. The predicted octanol–water partition coefficient (Wildman–Crippen LogP) is 3.04. The summed E-state index contributed by atoms with van der Waals surface area (Å²) < 4.78 is 4.96. The number of carbonyl (C=O) groups excluding carboxylic acids is 1. The molecule has 2 aromatic rings. The van der Waals surface area contributed by atoms with Gasteiger partial charge < -0.3 is 4.74 Å². The molecule has 0 heterocycles. The van der Waals surface area contributed by atoms with Gasteiger partial charge in [0.25, 0.3) is 5.69 Å². The molecule has 0 aliphatic heterocycles. The summed E-state index contributed by atoms with van der Waals surface area (Å²) in [6.07, 6.45) is 0.471. The van der Waals surface area contributed by atoms with Gasteiger partial charge in [0.1, 0.15) is 0 Å². The minimum Gasteiger partial charge on any atom is -0.419 e. The zero-order chi connectivity index (χ0) is 16.8. The third-order valence-corrected chi connectivity index (χ3v) is 3.03. The first-order valence-electron chi connectivity index (χ1n) is 6.65. The SMILES string of the molecule is O=C(CCc1ccccc1)Oc1ccc([N+](=O)[O-])cc1[N+](=O)[O-]. The van der Waals surface area contributed by atoms with Crippen LogP contribution < -0.4 is 4.74 Å². The summed E-state index contributed by atoms with van der Waals surface area (Å²) in [7, 11) is 0. The van der Waals surface area contributed by atoms with Gasteiger partial charge >= 0.3 is 11.7 Å². The van der Waals surface area contributed by atoms with Crippen molar-refractivity contribution in [2.45, 2.75) is 12.8 Å². The maximum Gasteiger partial charge on any atom is 0.318 e. The zero-order valence-electron chi connectivity index (χ0n) is 11.9. The molecule has 0 unspecified atom stereocenters. The number of rotatable bonds is 6. The first kappa shape index (κ1) is 16.1. The van der Waals surface area contributed by atoms with E-state index in [0.717, 1.165) is 23.8 Å². The molecule has 2 rings (SSSR count). The predicted molar refractivity (Wildman–Crippen MR) is 80.1 cm³/mol. The second kappa shape index (κ2) is 7.12. The molecule has 0 amide bonds. The largest absolute Gasteiger partial charge is 0.419 e. The third kappa shape index (κ3) is 4.34. The van der Waals surface area contributed by atoms with E-state index in [0.29, 0.717) is 6.42 Å². The fourth-order valence-electron chi connectivity index (χ4n) is 1.91. The average Bonchev–Trinajstić information content (AvgIpc) is 2.54. The molecule has 0 radical (unpaired) electrons. The Kier molecular flexibility index (Phi) is 4.98. The number of nitro groups is 2. The van der Waals surface area contributed by atoms with Crippen LogP contribution in [0.2, 0.25) is 0 Å². The maximum atomic E-state index is 11.8. The molecule has 0 saturated carbocycles. The van der Waals surface area contributed by atoms with Gasteiger partial charge in [-0.2, -0.15) is 0 Å². The molecule has 0 saturated heterocycles. The van der Waals surface area contributed by atoms with Gasteiger partial charge in [-0.1, -0.05) is 30.3 Å². The van der Waals surface area contributed by atoms with Crippen molar-refractivity contribution in [1.82, 2.24) is 0 Å².